The molecule has 1 aliphatic rings. The van der Waals surface area contributed by atoms with E-state index in [0.29, 0.717) is 25.9 Å². The van der Waals surface area contributed by atoms with E-state index in [9.17, 15) is 9.59 Å². The molecule has 0 unspecified atom stereocenters. The second-order valence-electron chi connectivity index (χ2n) is 5.01. The maximum absolute atomic E-state index is 12.1. The Kier molecular flexibility index (Phi) is 5.56. The van der Waals surface area contributed by atoms with Crippen molar-refractivity contribution in [3.63, 3.8) is 0 Å². The molecule has 0 radical (unpaired) electrons. The summed E-state index contributed by atoms with van der Waals surface area (Å²) >= 11 is 3.40. The monoisotopic (exact) mass is 351 g/mol. The Balaban J connectivity index is 1.89. The predicted octanol–water partition coefficient (Wildman–Crippen LogP) is 2.87. The van der Waals surface area contributed by atoms with E-state index in [0.717, 1.165) is 10.0 Å². The van der Waals surface area contributed by atoms with Crippen LogP contribution in [0.1, 0.15) is 18.4 Å². The van der Waals surface area contributed by atoms with Crippen LogP contribution in [0.2, 0.25) is 0 Å². The van der Waals surface area contributed by atoms with Gasteiger partial charge in [0.1, 0.15) is 0 Å². The van der Waals surface area contributed by atoms with E-state index in [1.54, 1.807) is 17.1 Å². The van der Waals surface area contributed by atoms with E-state index in [-0.39, 0.29) is 17.8 Å². The van der Waals surface area contributed by atoms with Crippen molar-refractivity contribution in [1.29, 1.82) is 0 Å². The second kappa shape index (κ2) is 7.41. The third kappa shape index (κ3) is 4.43. The number of rotatable bonds is 3. The third-order valence-electron chi connectivity index (χ3n) is 3.61. The number of amides is 1. The number of hydrogen-bond acceptors (Lipinski definition) is 3. The Morgan fingerprint density at radius 3 is 2.67 bits per heavy atom. The van der Waals surface area contributed by atoms with Gasteiger partial charge in [0.25, 0.3) is 0 Å². The molecule has 1 saturated heterocycles. The van der Waals surface area contributed by atoms with Crippen molar-refractivity contribution in [2.75, 3.05) is 20.2 Å². The van der Waals surface area contributed by atoms with Crippen molar-refractivity contribution in [2.24, 2.45) is 5.92 Å². The van der Waals surface area contributed by atoms with Gasteiger partial charge in [-0.3, -0.25) is 9.59 Å². The smallest absolute Gasteiger partial charge is 0.308 e. The quantitative estimate of drug-likeness (QED) is 0.621. The molecular weight excluding hydrogens is 334 g/mol. The van der Waals surface area contributed by atoms with Gasteiger partial charge < -0.3 is 9.64 Å². The van der Waals surface area contributed by atoms with Gasteiger partial charge in [-0.15, -0.1) is 0 Å². The molecule has 0 N–H and O–H groups in total. The van der Waals surface area contributed by atoms with Crippen LogP contribution in [0, 0.1) is 5.92 Å². The number of nitrogens with zero attached hydrogens (tertiary/aromatic N) is 1. The first-order valence-corrected chi connectivity index (χ1v) is 7.70. The van der Waals surface area contributed by atoms with Crippen molar-refractivity contribution in [2.45, 2.75) is 12.8 Å². The van der Waals surface area contributed by atoms with E-state index >= 15 is 0 Å². The number of ether oxygens (including phenoxy) is 1. The van der Waals surface area contributed by atoms with Crippen LogP contribution in [-0.4, -0.2) is 37.0 Å². The van der Waals surface area contributed by atoms with Crippen LogP contribution in [0.3, 0.4) is 0 Å². The Bertz CT molecular complexity index is 548. The summed E-state index contributed by atoms with van der Waals surface area (Å²) in [5.74, 6) is -0.266. The van der Waals surface area contributed by atoms with Crippen LogP contribution >= 0.6 is 15.9 Å². The molecule has 0 aliphatic carbocycles. The van der Waals surface area contributed by atoms with Crippen molar-refractivity contribution >= 4 is 33.9 Å². The fourth-order valence-electron chi connectivity index (χ4n) is 2.39. The predicted molar refractivity (Wildman–Crippen MR) is 84.5 cm³/mol. The van der Waals surface area contributed by atoms with Gasteiger partial charge in [-0.1, -0.05) is 28.1 Å². The summed E-state index contributed by atoms with van der Waals surface area (Å²) in [6, 6.07) is 7.76. The highest BCUT2D eigenvalue weighted by Crippen LogP contribution is 2.19. The summed E-state index contributed by atoms with van der Waals surface area (Å²) in [6.07, 6.45) is 4.73. The molecule has 1 fully saturated rings. The average Bonchev–Trinajstić information content (AvgIpc) is 2.52. The Morgan fingerprint density at radius 1 is 1.33 bits per heavy atom. The molecule has 1 aliphatic heterocycles. The van der Waals surface area contributed by atoms with Gasteiger partial charge in [-0.05, 0) is 36.6 Å². The number of likely N-dealkylation sites (tertiary alicyclic amines) is 1. The van der Waals surface area contributed by atoms with Gasteiger partial charge in [0.05, 0.1) is 13.0 Å². The Morgan fingerprint density at radius 2 is 2.05 bits per heavy atom. The Labute approximate surface area is 132 Å². The van der Waals surface area contributed by atoms with E-state index in [4.69, 9.17) is 4.74 Å². The first kappa shape index (κ1) is 15.8. The lowest BCUT2D eigenvalue weighted by atomic mass is 9.97. The lowest BCUT2D eigenvalue weighted by Gasteiger charge is -2.29. The SMILES string of the molecule is COC(=O)C1CCN(C(=O)/C=C/c2cccc(Br)c2)CC1. The highest BCUT2D eigenvalue weighted by atomic mass is 79.9. The highest BCUT2D eigenvalue weighted by Gasteiger charge is 2.26. The molecule has 1 amide bonds. The Hall–Kier alpha value is -1.62. The molecule has 5 heteroatoms. The van der Waals surface area contributed by atoms with Crippen molar-refractivity contribution in [1.82, 2.24) is 4.90 Å². The minimum atomic E-state index is -0.174. The number of hydrogen-bond donors (Lipinski definition) is 0. The standard InChI is InChI=1S/C16H18BrNO3/c1-21-16(20)13-7-9-18(10-8-13)15(19)6-5-12-3-2-4-14(17)11-12/h2-6,11,13H,7-10H2,1H3/b6-5+. The maximum atomic E-state index is 12.1. The summed E-state index contributed by atoms with van der Waals surface area (Å²) in [4.78, 5) is 25.3. The first-order valence-electron chi connectivity index (χ1n) is 6.90. The first-order chi connectivity index (χ1) is 10.1. The number of carbonyl (C=O) groups is 2. The lowest BCUT2D eigenvalue weighted by molar-refractivity contribution is -0.148. The zero-order valence-electron chi connectivity index (χ0n) is 11.9. The van der Waals surface area contributed by atoms with Crippen molar-refractivity contribution < 1.29 is 14.3 Å². The molecule has 0 bridgehead atoms. The zero-order chi connectivity index (χ0) is 15.2. The fraction of sp³-hybridized carbons (Fsp3) is 0.375. The summed E-state index contributed by atoms with van der Waals surface area (Å²) in [7, 11) is 1.40. The van der Waals surface area contributed by atoms with Crippen LogP contribution in [-0.2, 0) is 14.3 Å². The normalized spacial score (nSPS) is 16.2. The van der Waals surface area contributed by atoms with Gasteiger partial charge >= 0.3 is 5.97 Å². The largest absolute Gasteiger partial charge is 0.469 e. The molecule has 1 heterocycles. The maximum Gasteiger partial charge on any atom is 0.308 e. The molecule has 2 rings (SSSR count). The van der Waals surface area contributed by atoms with E-state index < -0.39 is 0 Å². The molecule has 1 aromatic carbocycles. The number of piperidine rings is 1. The van der Waals surface area contributed by atoms with Crippen molar-refractivity contribution in [3.8, 4) is 0 Å². The second-order valence-corrected chi connectivity index (χ2v) is 5.93. The van der Waals surface area contributed by atoms with Gasteiger partial charge in [0.15, 0.2) is 0 Å². The molecule has 0 atom stereocenters. The number of halogens is 1. The van der Waals surface area contributed by atoms with Gasteiger partial charge in [-0.2, -0.15) is 0 Å². The topological polar surface area (TPSA) is 46.6 Å². The molecule has 0 saturated carbocycles. The minimum Gasteiger partial charge on any atom is -0.469 e. The zero-order valence-corrected chi connectivity index (χ0v) is 13.5. The van der Waals surface area contributed by atoms with Crippen LogP contribution < -0.4 is 0 Å². The number of carbonyl (C=O) groups excluding carboxylic acids is 2. The molecule has 0 spiro atoms. The molecule has 0 aromatic heterocycles. The molecule has 1 aromatic rings. The van der Waals surface area contributed by atoms with Crippen LogP contribution in [0.25, 0.3) is 6.08 Å². The molecular formula is C16H18BrNO3. The number of benzene rings is 1. The summed E-state index contributed by atoms with van der Waals surface area (Å²) < 4.78 is 5.72. The van der Waals surface area contributed by atoms with Crippen LogP contribution in [0.5, 0.6) is 0 Å². The molecule has 21 heavy (non-hydrogen) atoms. The van der Waals surface area contributed by atoms with E-state index in [1.165, 1.54) is 7.11 Å². The summed E-state index contributed by atoms with van der Waals surface area (Å²) in [6.45, 7) is 1.20. The fourth-order valence-corrected chi connectivity index (χ4v) is 2.80. The van der Waals surface area contributed by atoms with Gasteiger partial charge in [-0.25, -0.2) is 0 Å². The minimum absolute atomic E-state index is 0.0155. The number of methoxy groups -OCH3 is 1. The van der Waals surface area contributed by atoms with E-state index in [2.05, 4.69) is 15.9 Å². The molecule has 112 valence electrons. The third-order valence-corrected chi connectivity index (χ3v) is 4.10. The van der Waals surface area contributed by atoms with Crippen LogP contribution in [0.4, 0.5) is 0 Å². The van der Waals surface area contributed by atoms with Crippen molar-refractivity contribution in [3.05, 3.63) is 40.4 Å². The molecule has 4 nitrogen and oxygen atoms in total. The highest BCUT2D eigenvalue weighted by molar-refractivity contribution is 9.10. The van der Waals surface area contributed by atoms with E-state index in [1.807, 2.05) is 24.3 Å². The summed E-state index contributed by atoms with van der Waals surface area (Å²) in [5, 5.41) is 0. The number of esters is 1. The lowest BCUT2D eigenvalue weighted by Crippen LogP contribution is -2.39. The van der Waals surface area contributed by atoms with Crippen LogP contribution in [0.15, 0.2) is 34.8 Å². The van der Waals surface area contributed by atoms with Gasteiger partial charge in [0, 0.05) is 23.6 Å². The van der Waals surface area contributed by atoms with Gasteiger partial charge in [0.2, 0.25) is 5.91 Å². The average molecular weight is 352 g/mol. The summed E-state index contributed by atoms with van der Waals surface area (Å²) in [5.41, 5.74) is 0.974.